The smallest absolute Gasteiger partial charge is 0.223 e. The third kappa shape index (κ3) is 3.71. The predicted octanol–water partition coefficient (Wildman–Crippen LogP) is 4.30. The van der Waals surface area contributed by atoms with Crippen LogP contribution in [0.3, 0.4) is 0 Å². The fourth-order valence-corrected chi connectivity index (χ4v) is 4.93. The molecular formula is C24H27FN6. The molecule has 6 rings (SSSR count). The van der Waals surface area contributed by atoms with E-state index in [1.807, 2.05) is 24.4 Å². The molecule has 1 aliphatic carbocycles. The van der Waals surface area contributed by atoms with Gasteiger partial charge in [0.1, 0.15) is 11.6 Å². The third-order valence-corrected chi connectivity index (χ3v) is 6.64. The lowest BCUT2D eigenvalue weighted by atomic mass is 10.1. The first-order valence-corrected chi connectivity index (χ1v) is 11.4. The first-order valence-electron chi connectivity index (χ1n) is 11.4. The summed E-state index contributed by atoms with van der Waals surface area (Å²) < 4.78 is 16.0. The molecule has 0 amide bonds. The van der Waals surface area contributed by atoms with Crippen LogP contribution in [-0.2, 0) is 6.42 Å². The molecule has 3 aromatic rings. The molecule has 2 fully saturated rings. The van der Waals surface area contributed by atoms with E-state index in [0.717, 1.165) is 47.9 Å². The normalized spacial score (nSPS) is 20.9. The first kappa shape index (κ1) is 18.9. The molecule has 2 aliphatic heterocycles. The SMILES string of the molecule is Fc1ccc(-c2nc3n(c2-c2ccnc(NC4CC4)n2)C(CN2CCCC2)CC3)cc1. The number of aryl methyl sites for hydroxylation is 1. The number of halogens is 1. The molecule has 160 valence electrons. The second kappa shape index (κ2) is 7.71. The summed E-state index contributed by atoms with van der Waals surface area (Å²) in [5.41, 5.74) is 3.72. The van der Waals surface area contributed by atoms with Crippen molar-refractivity contribution in [1.82, 2.24) is 24.4 Å². The van der Waals surface area contributed by atoms with Gasteiger partial charge in [0.15, 0.2) is 0 Å². The number of hydrogen-bond donors (Lipinski definition) is 1. The van der Waals surface area contributed by atoms with Gasteiger partial charge in [0.2, 0.25) is 5.95 Å². The highest BCUT2D eigenvalue weighted by Crippen LogP contribution is 2.40. The van der Waals surface area contributed by atoms with Crippen molar-refractivity contribution in [3.05, 3.63) is 48.2 Å². The number of anilines is 1. The highest BCUT2D eigenvalue weighted by Gasteiger charge is 2.32. The molecular weight excluding hydrogens is 391 g/mol. The van der Waals surface area contributed by atoms with Gasteiger partial charge in [0, 0.05) is 36.8 Å². The second-order valence-electron chi connectivity index (χ2n) is 8.99. The van der Waals surface area contributed by atoms with Crippen LogP contribution in [0.4, 0.5) is 10.3 Å². The lowest BCUT2D eigenvalue weighted by Crippen LogP contribution is -2.27. The van der Waals surface area contributed by atoms with Gasteiger partial charge in [-0.3, -0.25) is 0 Å². The lowest BCUT2D eigenvalue weighted by molar-refractivity contribution is 0.283. The first-order chi connectivity index (χ1) is 15.2. The van der Waals surface area contributed by atoms with Crippen LogP contribution in [0, 0.1) is 5.82 Å². The van der Waals surface area contributed by atoms with E-state index < -0.39 is 0 Å². The van der Waals surface area contributed by atoms with Crippen molar-refractivity contribution >= 4 is 5.95 Å². The summed E-state index contributed by atoms with van der Waals surface area (Å²) in [6.45, 7) is 3.42. The number of rotatable bonds is 6. The Morgan fingerprint density at radius 2 is 1.81 bits per heavy atom. The molecule has 1 unspecified atom stereocenters. The summed E-state index contributed by atoms with van der Waals surface area (Å²) >= 11 is 0. The summed E-state index contributed by atoms with van der Waals surface area (Å²) in [5.74, 6) is 1.55. The Hall–Kier alpha value is -2.80. The minimum atomic E-state index is -0.234. The number of benzene rings is 1. The van der Waals surface area contributed by atoms with Gasteiger partial charge in [-0.15, -0.1) is 0 Å². The molecule has 0 bridgehead atoms. The molecule has 31 heavy (non-hydrogen) atoms. The standard InChI is InChI=1S/C24H27FN6/c25-17-5-3-16(4-6-17)22-23(20-11-12-26-24(28-20)27-18-7-8-18)31-19(9-10-21(31)29-22)15-30-13-1-2-14-30/h3-6,11-12,18-19H,1-2,7-10,13-15H2,(H,26,27,28). The van der Waals surface area contributed by atoms with Crippen molar-refractivity contribution in [2.75, 3.05) is 25.0 Å². The number of nitrogens with one attached hydrogen (secondary N) is 1. The largest absolute Gasteiger partial charge is 0.351 e. The molecule has 4 heterocycles. The highest BCUT2D eigenvalue weighted by molar-refractivity contribution is 5.78. The molecule has 7 heteroatoms. The average molecular weight is 419 g/mol. The quantitative estimate of drug-likeness (QED) is 0.647. The fraction of sp³-hybridized carbons (Fsp3) is 0.458. The topological polar surface area (TPSA) is 58.9 Å². The van der Waals surface area contributed by atoms with Crippen LogP contribution in [0.15, 0.2) is 36.5 Å². The van der Waals surface area contributed by atoms with Crippen molar-refractivity contribution in [1.29, 1.82) is 0 Å². The summed E-state index contributed by atoms with van der Waals surface area (Å²) in [6, 6.07) is 9.50. The fourth-order valence-electron chi connectivity index (χ4n) is 4.93. The number of fused-ring (bicyclic) bond motifs is 1. The maximum absolute atomic E-state index is 13.6. The molecule has 0 radical (unpaired) electrons. The van der Waals surface area contributed by atoms with Crippen molar-refractivity contribution < 1.29 is 4.39 Å². The van der Waals surface area contributed by atoms with Gasteiger partial charge in [0.05, 0.1) is 17.1 Å². The van der Waals surface area contributed by atoms with E-state index in [0.29, 0.717) is 18.0 Å². The number of likely N-dealkylation sites (tertiary alicyclic amines) is 1. The number of hydrogen-bond acceptors (Lipinski definition) is 5. The average Bonchev–Trinajstić information content (AvgIpc) is 3.15. The minimum absolute atomic E-state index is 0.234. The van der Waals surface area contributed by atoms with E-state index in [2.05, 4.69) is 19.8 Å². The molecule has 3 aliphatic rings. The number of aromatic nitrogens is 4. The monoisotopic (exact) mass is 418 g/mol. The molecule has 0 spiro atoms. The summed E-state index contributed by atoms with van der Waals surface area (Å²) in [4.78, 5) is 16.9. The van der Waals surface area contributed by atoms with Crippen molar-refractivity contribution in [3.63, 3.8) is 0 Å². The van der Waals surface area contributed by atoms with Crippen LogP contribution < -0.4 is 5.32 Å². The van der Waals surface area contributed by atoms with Crippen LogP contribution in [0.5, 0.6) is 0 Å². The summed E-state index contributed by atoms with van der Waals surface area (Å²) in [5, 5.41) is 3.41. The van der Waals surface area contributed by atoms with Crippen LogP contribution in [0.2, 0.25) is 0 Å². The van der Waals surface area contributed by atoms with Crippen LogP contribution in [0.25, 0.3) is 22.6 Å². The van der Waals surface area contributed by atoms with E-state index in [1.165, 1.54) is 50.9 Å². The van der Waals surface area contributed by atoms with Crippen LogP contribution >= 0.6 is 0 Å². The Morgan fingerprint density at radius 3 is 2.58 bits per heavy atom. The van der Waals surface area contributed by atoms with Crippen molar-refractivity contribution in [2.24, 2.45) is 0 Å². The van der Waals surface area contributed by atoms with E-state index >= 15 is 0 Å². The molecule has 1 aromatic carbocycles. The maximum Gasteiger partial charge on any atom is 0.223 e. The second-order valence-corrected chi connectivity index (χ2v) is 8.99. The van der Waals surface area contributed by atoms with Gasteiger partial charge < -0.3 is 14.8 Å². The number of imidazole rings is 1. The van der Waals surface area contributed by atoms with Gasteiger partial charge in [0.25, 0.3) is 0 Å². The van der Waals surface area contributed by atoms with Crippen LogP contribution in [0.1, 0.15) is 44.0 Å². The van der Waals surface area contributed by atoms with Gasteiger partial charge in [-0.05, 0) is 75.5 Å². The van der Waals surface area contributed by atoms with E-state index in [1.54, 1.807) is 0 Å². The lowest BCUT2D eigenvalue weighted by Gasteiger charge is -2.23. The Labute approximate surface area is 181 Å². The molecule has 1 saturated carbocycles. The minimum Gasteiger partial charge on any atom is -0.351 e. The van der Waals surface area contributed by atoms with Gasteiger partial charge in [-0.1, -0.05) is 0 Å². The van der Waals surface area contributed by atoms with E-state index in [9.17, 15) is 4.39 Å². The zero-order chi connectivity index (χ0) is 20.8. The van der Waals surface area contributed by atoms with Gasteiger partial charge in [-0.25, -0.2) is 19.3 Å². The van der Waals surface area contributed by atoms with Gasteiger partial charge in [-0.2, -0.15) is 0 Å². The zero-order valence-corrected chi connectivity index (χ0v) is 17.6. The molecule has 6 nitrogen and oxygen atoms in total. The molecule has 1 saturated heterocycles. The Kier molecular flexibility index (Phi) is 4.71. The zero-order valence-electron chi connectivity index (χ0n) is 17.6. The molecule has 1 atom stereocenters. The van der Waals surface area contributed by atoms with E-state index in [4.69, 9.17) is 9.97 Å². The van der Waals surface area contributed by atoms with Crippen molar-refractivity contribution in [3.8, 4) is 22.6 Å². The highest BCUT2D eigenvalue weighted by atomic mass is 19.1. The maximum atomic E-state index is 13.6. The Morgan fingerprint density at radius 1 is 1.00 bits per heavy atom. The molecule has 2 aromatic heterocycles. The Bertz CT molecular complexity index is 1080. The van der Waals surface area contributed by atoms with Gasteiger partial charge >= 0.3 is 0 Å². The number of nitrogens with zero attached hydrogens (tertiary/aromatic N) is 5. The third-order valence-electron chi connectivity index (χ3n) is 6.64. The van der Waals surface area contributed by atoms with E-state index in [-0.39, 0.29) is 5.82 Å². The molecule has 1 N–H and O–H groups in total. The van der Waals surface area contributed by atoms with Crippen molar-refractivity contribution in [2.45, 2.75) is 50.6 Å². The van der Waals surface area contributed by atoms with Crippen LogP contribution in [-0.4, -0.2) is 50.1 Å². The Balaban J connectivity index is 1.44. The summed E-state index contributed by atoms with van der Waals surface area (Å²) in [6.07, 6.45) is 8.83. The predicted molar refractivity (Wildman–Crippen MR) is 118 cm³/mol. The summed E-state index contributed by atoms with van der Waals surface area (Å²) in [7, 11) is 0.